The fraction of sp³-hybridized carbons (Fsp3) is 0.292. The Hall–Kier alpha value is -3.16. The Balaban J connectivity index is 1.90. The summed E-state index contributed by atoms with van der Waals surface area (Å²) in [6.45, 7) is 4.27. The van der Waals surface area contributed by atoms with Crippen LogP contribution < -0.4 is 5.32 Å². The number of anilines is 1. The maximum Gasteiger partial charge on any atom is 0.249 e. The first-order valence-corrected chi connectivity index (χ1v) is 10.7. The average Bonchev–Trinajstić information content (AvgIpc) is 3.17. The van der Waals surface area contributed by atoms with Crippen LogP contribution in [0.3, 0.4) is 0 Å². The molecule has 0 saturated heterocycles. The van der Waals surface area contributed by atoms with E-state index in [-0.39, 0.29) is 30.9 Å². The van der Waals surface area contributed by atoms with E-state index in [2.05, 4.69) is 10.4 Å². The quantitative estimate of drug-likeness (QED) is 0.524. The molecule has 0 bridgehead atoms. The van der Waals surface area contributed by atoms with Gasteiger partial charge in [-0.25, -0.2) is 4.68 Å². The lowest BCUT2D eigenvalue weighted by molar-refractivity contribution is -0.138. The fourth-order valence-corrected chi connectivity index (χ4v) is 3.51. The number of nitrogens with one attached hydrogen (secondary N) is 1. The SMILES string of the molecule is COCC(=O)N(CC(=O)Nc1cc(-c2ccccc2)nn1-c1ccccc1Cl)CC(C)C. The van der Waals surface area contributed by atoms with Gasteiger partial charge >= 0.3 is 0 Å². The molecule has 0 aliphatic heterocycles. The van der Waals surface area contributed by atoms with E-state index >= 15 is 0 Å². The number of aromatic nitrogens is 2. The summed E-state index contributed by atoms with van der Waals surface area (Å²) >= 11 is 6.40. The molecular formula is C24H27ClN4O3. The molecule has 0 fully saturated rings. The molecule has 0 aliphatic rings. The molecule has 0 aliphatic carbocycles. The van der Waals surface area contributed by atoms with Gasteiger partial charge in [0.25, 0.3) is 0 Å². The van der Waals surface area contributed by atoms with Gasteiger partial charge in [0.05, 0.1) is 22.9 Å². The molecule has 0 unspecified atom stereocenters. The number of carbonyl (C=O) groups excluding carboxylic acids is 2. The van der Waals surface area contributed by atoms with E-state index in [1.54, 1.807) is 16.8 Å². The molecule has 1 heterocycles. The zero-order valence-electron chi connectivity index (χ0n) is 18.4. The summed E-state index contributed by atoms with van der Waals surface area (Å²) in [7, 11) is 1.46. The molecule has 168 valence electrons. The van der Waals surface area contributed by atoms with Gasteiger partial charge in [-0.1, -0.05) is 67.9 Å². The molecule has 0 spiro atoms. The highest BCUT2D eigenvalue weighted by molar-refractivity contribution is 6.32. The summed E-state index contributed by atoms with van der Waals surface area (Å²) in [5.41, 5.74) is 2.24. The monoisotopic (exact) mass is 454 g/mol. The van der Waals surface area contributed by atoms with Crippen molar-refractivity contribution in [2.24, 2.45) is 5.92 Å². The van der Waals surface area contributed by atoms with E-state index in [4.69, 9.17) is 16.3 Å². The van der Waals surface area contributed by atoms with Gasteiger partial charge in [0.15, 0.2) is 0 Å². The van der Waals surface area contributed by atoms with Gasteiger partial charge < -0.3 is 15.0 Å². The number of hydrogen-bond donors (Lipinski definition) is 1. The van der Waals surface area contributed by atoms with E-state index in [9.17, 15) is 9.59 Å². The van der Waals surface area contributed by atoms with Gasteiger partial charge in [-0.3, -0.25) is 9.59 Å². The summed E-state index contributed by atoms with van der Waals surface area (Å²) in [5, 5.41) is 8.07. The van der Waals surface area contributed by atoms with Crippen molar-refractivity contribution in [2.45, 2.75) is 13.8 Å². The van der Waals surface area contributed by atoms with E-state index in [1.165, 1.54) is 12.0 Å². The molecule has 3 aromatic rings. The largest absolute Gasteiger partial charge is 0.375 e. The lowest BCUT2D eigenvalue weighted by atomic mass is 10.1. The van der Waals surface area contributed by atoms with E-state index in [1.807, 2.05) is 62.4 Å². The number of halogens is 1. The van der Waals surface area contributed by atoms with Crippen LogP contribution in [-0.2, 0) is 14.3 Å². The summed E-state index contributed by atoms with van der Waals surface area (Å²) in [6.07, 6.45) is 0. The predicted octanol–water partition coefficient (Wildman–Crippen LogP) is 4.26. The molecule has 1 aromatic heterocycles. The van der Waals surface area contributed by atoms with Crippen molar-refractivity contribution in [3.8, 4) is 16.9 Å². The van der Waals surface area contributed by atoms with Crippen LogP contribution in [0.25, 0.3) is 16.9 Å². The predicted molar refractivity (Wildman–Crippen MR) is 126 cm³/mol. The Kier molecular flexibility index (Phi) is 8.03. The summed E-state index contributed by atoms with van der Waals surface area (Å²) in [5.74, 6) is 0.108. The molecule has 7 nitrogen and oxygen atoms in total. The van der Waals surface area contributed by atoms with Crippen molar-refractivity contribution in [1.29, 1.82) is 0 Å². The number of rotatable bonds is 9. The average molecular weight is 455 g/mol. The number of nitrogens with zero attached hydrogens (tertiary/aromatic N) is 3. The Morgan fingerprint density at radius 3 is 2.47 bits per heavy atom. The van der Waals surface area contributed by atoms with Crippen LogP contribution in [-0.4, -0.2) is 53.3 Å². The second kappa shape index (κ2) is 10.9. The van der Waals surface area contributed by atoms with Gasteiger partial charge in [-0.05, 0) is 18.1 Å². The van der Waals surface area contributed by atoms with Crippen LogP contribution >= 0.6 is 11.6 Å². The number of hydrogen-bond acceptors (Lipinski definition) is 4. The number of benzene rings is 2. The summed E-state index contributed by atoms with van der Waals surface area (Å²) < 4.78 is 6.56. The van der Waals surface area contributed by atoms with E-state index in [0.29, 0.717) is 28.8 Å². The van der Waals surface area contributed by atoms with Crippen molar-refractivity contribution in [3.05, 3.63) is 65.7 Å². The third-order valence-electron chi connectivity index (χ3n) is 4.67. The normalized spacial score (nSPS) is 10.9. The van der Waals surface area contributed by atoms with Crippen molar-refractivity contribution in [3.63, 3.8) is 0 Å². The van der Waals surface area contributed by atoms with E-state index < -0.39 is 0 Å². The maximum absolute atomic E-state index is 12.9. The van der Waals surface area contributed by atoms with Crippen LogP contribution in [0.2, 0.25) is 5.02 Å². The minimum Gasteiger partial charge on any atom is -0.375 e. The van der Waals surface area contributed by atoms with Crippen LogP contribution in [0.1, 0.15) is 13.8 Å². The Morgan fingerprint density at radius 2 is 1.81 bits per heavy atom. The van der Waals surface area contributed by atoms with Crippen LogP contribution in [0, 0.1) is 5.92 Å². The van der Waals surface area contributed by atoms with E-state index in [0.717, 1.165) is 5.56 Å². The minimum atomic E-state index is -0.331. The first-order chi connectivity index (χ1) is 15.4. The van der Waals surface area contributed by atoms with Gasteiger partial charge in [0, 0.05) is 25.3 Å². The van der Waals surface area contributed by atoms with Crippen LogP contribution in [0.15, 0.2) is 60.7 Å². The van der Waals surface area contributed by atoms with Gasteiger partial charge in [-0.2, -0.15) is 5.10 Å². The topological polar surface area (TPSA) is 76.5 Å². The molecule has 0 saturated carbocycles. The smallest absolute Gasteiger partial charge is 0.249 e. The third-order valence-corrected chi connectivity index (χ3v) is 4.99. The first kappa shape index (κ1) is 23.5. The molecule has 0 atom stereocenters. The van der Waals surface area contributed by atoms with Crippen molar-refractivity contribution < 1.29 is 14.3 Å². The molecular weight excluding hydrogens is 428 g/mol. The van der Waals surface area contributed by atoms with Gasteiger partial charge in [-0.15, -0.1) is 0 Å². The Bertz CT molecular complexity index is 1070. The number of carbonyl (C=O) groups is 2. The lowest BCUT2D eigenvalue weighted by Gasteiger charge is -2.23. The number of methoxy groups -OCH3 is 1. The fourth-order valence-electron chi connectivity index (χ4n) is 3.29. The molecule has 2 amide bonds. The standard InChI is InChI=1S/C24H27ClN4O3/c1-17(2)14-28(24(31)16-32-3)15-23(30)26-22-13-20(18-9-5-4-6-10-18)27-29(22)21-12-8-7-11-19(21)25/h4-13,17H,14-16H2,1-3H3,(H,26,30). The third kappa shape index (κ3) is 5.96. The highest BCUT2D eigenvalue weighted by atomic mass is 35.5. The Morgan fingerprint density at radius 1 is 1.12 bits per heavy atom. The van der Waals surface area contributed by atoms with Crippen molar-refractivity contribution in [1.82, 2.24) is 14.7 Å². The number of amides is 2. The summed E-state index contributed by atoms with van der Waals surface area (Å²) in [4.78, 5) is 26.8. The zero-order valence-corrected chi connectivity index (χ0v) is 19.2. The van der Waals surface area contributed by atoms with Crippen molar-refractivity contribution >= 4 is 29.2 Å². The molecule has 2 aromatic carbocycles. The van der Waals surface area contributed by atoms with Crippen LogP contribution in [0.4, 0.5) is 5.82 Å². The molecule has 32 heavy (non-hydrogen) atoms. The molecule has 1 N–H and O–H groups in total. The van der Waals surface area contributed by atoms with Gasteiger partial charge in [0.2, 0.25) is 11.8 Å². The molecule has 0 radical (unpaired) electrons. The Labute approximate surface area is 192 Å². The second-order valence-corrected chi connectivity index (χ2v) is 8.20. The molecule has 3 rings (SSSR count). The highest BCUT2D eigenvalue weighted by Crippen LogP contribution is 2.28. The zero-order chi connectivity index (χ0) is 23.1. The molecule has 8 heteroatoms. The maximum atomic E-state index is 12.9. The first-order valence-electron chi connectivity index (χ1n) is 10.4. The highest BCUT2D eigenvalue weighted by Gasteiger charge is 2.20. The number of para-hydroxylation sites is 1. The second-order valence-electron chi connectivity index (χ2n) is 7.79. The van der Waals surface area contributed by atoms with Crippen molar-refractivity contribution in [2.75, 3.05) is 32.1 Å². The minimum absolute atomic E-state index is 0.0737. The number of ether oxygens (including phenoxy) is 1. The van der Waals surface area contributed by atoms with Gasteiger partial charge in [0.1, 0.15) is 12.4 Å². The lowest BCUT2D eigenvalue weighted by Crippen LogP contribution is -2.42. The van der Waals surface area contributed by atoms with Crippen LogP contribution in [0.5, 0.6) is 0 Å². The summed E-state index contributed by atoms with van der Waals surface area (Å²) in [6, 6.07) is 18.7.